The maximum atomic E-state index is 13.5. The summed E-state index contributed by atoms with van der Waals surface area (Å²) in [7, 11) is -3.93. The molecule has 0 aliphatic rings. The molecule has 0 saturated heterocycles. The van der Waals surface area contributed by atoms with Crippen molar-refractivity contribution in [3.8, 4) is 0 Å². The molecule has 0 unspecified atom stereocenters. The van der Waals surface area contributed by atoms with E-state index in [2.05, 4.69) is 5.32 Å². The van der Waals surface area contributed by atoms with Crippen LogP contribution in [0.2, 0.25) is 0 Å². The van der Waals surface area contributed by atoms with E-state index in [0.29, 0.717) is 11.4 Å². The van der Waals surface area contributed by atoms with Gasteiger partial charge in [-0.2, -0.15) is 0 Å². The third kappa shape index (κ3) is 4.97. The zero-order valence-electron chi connectivity index (χ0n) is 18.6. The fraction of sp³-hybridized carbons (Fsp3) is 0.240. The molecule has 0 aliphatic heterocycles. The summed E-state index contributed by atoms with van der Waals surface area (Å²) < 4.78 is 28.2. The van der Waals surface area contributed by atoms with Gasteiger partial charge in [0.15, 0.2) is 0 Å². The zero-order chi connectivity index (χ0) is 22.8. The van der Waals surface area contributed by atoms with E-state index in [4.69, 9.17) is 0 Å². The number of amides is 1. The molecule has 0 aromatic heterocycles. The van der Waals surface area contributed by atoms with Crippen molar-refractivity contribution in [3.63, 3.8) is 0 Å². The quantitative estimate of drug-likeness (QED) is 0.587. The number of benzene rings is 3. The summed E-state index contributed by atoms with van der Waals surface area (Å²) in [5.74, 6) is -0.400. The van der Waals surface area contributed by atoms with Crippen LogP contribution in [0.5, 0.6) is 0 Å². The molecule has 3 aromatic rings. The monoisotopic (exact) mass is 436 g/mol. The predicted molar refractivity (Wildman–Crippen MR) is 126 cm³/mol. The number of sulfonamides is 1. The molecule has 3 rings (SSSR count). The topological polar surface area (TPSA) is 66.5 Å². The molecule has 0 heterocycles. The molecule has 5 nitrogen and oxygen atoms in total. The highest BCUT2D eigenvalue weighted by Gasteiger charge is 2.27. The number of aryl methyl sites for hydroxylation is 4. The second kappa shape index (κ2) is 8.94. The Morgan fingerprint density at radius 2 is 1.52 bits per heavy atom. The van der Waals surface area contributed by atoms with Gasteiger partial charge in [0, 0.05) is 5.69 Å². The van der Waals surface area contributed by atoms with Gasteiger partial charge < -0.3 is 5.32 Å². The third-order valence-electron chi connectivity index (χ3n) is 5.55. The van der Waals surface area contributed by atoms with Gasteiger partial charge in [-0.25, -0.2) is 8.42 Å². The van der Waals surface area contributed by atoms with Crippen LogP contribution < -0.4 is 9.62 Å². The maximum Gasteiger partial charge on any atom is 0.264 e. The summed E-state index contributed by atoms with van der Waals surface area (Å²) >= 11 is 0. The van der Waals surface area contributed by atoms with Crippen LogP contribution in [0.25, 0.3) is 0 Å². The van der Waals surface area contributed by atoms with E-state index in [0.717, 1.165) is 27.8 Å². The zero-order valence-corrected chi connectivity index (χ0v) is 19.4. The number of carbonyl (C=O) groups is 1. The second-order valence-electron chi connectivity index (χ2n) is 7.89. The summed E-state index contributed by atoms with van der Waals surface area (Å²) in [5, 5.41) is 2.86. The molecule has 162 valence electrons. The van der Waals surface area contributed by atoms with E-state index >= 15 is 0 Å². The molecule has 31 heavy (non-hydrogen) atoms. The van der Waals surface area contributed by atoms with E-state index < -0.39 is 15.9 Å². The smallest absolute Gasteiger partial charge is 0.264 e. The third-order valence-corrected chi connectivity index (χ3v) is 7.34. The highest BCUT2D eigenvalue weighted by Crippen LogP contribution is 2.26. The normalized spacial score (nSPS) is 11.3. The van der Waals surface area contributed by atoms with Crippen molar-refractivity contribution in [2.45, 2.75) is 39.5 Å². The van der Waals surface area contributed by atoms with Gasteiger partial charge in [-0.15, -0.1) is 0 Å². The Bertz CT molecular complexity index is 1220. The van der Waals surface area contributed by atoms with E-state index in [1.165, 1.54) is 4.31 Å². The average molecular weight is 437 g/mol. The van der Waals surface area contributed by atoms with Gasteiger partial charge in [0.25, 0.3) is 10.0 Å². The molecule has 6 heteroatoms. The maximum absolute atomic E-state index is 13.5. The second-order valence-corrected chi connectivity index (χ2v) is 9.75. The van der Waals surface area contributed by atoms with Crippen LogP contribution in [0.4, 0.5) is 11.4 Å². The lowest BCUT2D eigenvalue weighted by molar-refractivity contribution is -0.114. The average Bonchev–Trinajstić information content (AvgIpc) is 2.72. The van der Waals surface area contributed by atoms with Crippen molar-refractivity contribution in [2.24, 2.45) is 0 Å². The minimum Gasteiger partial charge on any atom is -0.324 e. The van der Waals surface area contributed by atoms with Crippen LogP contribution in [0, 0.1) is 34.6 Å². The Morgan fingerprint density at radius 1 is 0.839 bits per heavy atom. The minimum absolute atomic E-state index is 0.149. The molecule has 0 spiro atoms. The number of nitrogens with one attached hydrogen (secondary N) is 1. The first kappa shape index (κ1) is 22.6. The van der Waals surface area contributed by atoms with Crippen molar-refractivity contribution in [1.82, 2.24) is 0 Å². The predicted octanol–water partition coefficient (Wildman–Crippen LogP) is 5.06. The van der Waals surface area contributed by atoms with Gasteiger partial charge in [-0.3, -0.25) is 9.10 Å². The van der Waals surface area contributed by atoms with Gasteiger partial charge in [0.1, 0.15) is 6.54 Å². The van der Waals surface area contributed by atoms with Crippen LogP contribution in [0.15, 0.2) is 65.6 Å². The van der Waals surface area contributed by atoms with Gasteiger partial charge in [-0.1, -0.05) is 35.9 Å². The van der Waals surface area contributed by atoms with Crippen LogP contribution in [0.3, 0.4) is 0 Å². The summed E-state index contributed by atoms with van der Waals surface area (Å²) in [6.45, 7) is 9.35. The Morgan fingerprint density at radius 3 is 2.16 bits per heavy atom. The molecule has 1 N–H and O–H groups in total. The molecule has 1 amide bonds. The molecule has 0 radical (unpaired) electrons. The number of hydrogen-bond acceptors (Lipinski definition) is 3. The highest BCUT2D eigenvalue weighted by molar-refractivity contribution is 7.92. The fourth-order valence-corrected chi connectivity index (χ4v) is 4.65. The number of carbonyl (C=O) groups excluding carboxylic acids is 1. The Labute approximate surface area is 184 Å². The number of anilines is 2. The van der Waals surface area contributed by atoms with Crippen LogP contribution >= 0.6 is 0 Å². The first-order valence-corrected chi connectivity index (χ1v) is 11.6. The van der Waals surface area contributed by atoms with Crippen molar-refractivity contribution in [1.29, 1.82) is 0 Å². The van der Waals surface area contributed by atoms with E-state index in [-0.39, 0.29) is 11.4 Å². The van der Waals surface area contributed by atoms with Gasteiger partial charge in [0.2, 0.25) is 5.91 Å². The molecule has 3 aromatic carbocycles. The minimum atomic E-state index is -3.93. The Kier molecular flexibility index (Phi) is 6.51. The highest BCUT2D eigenvalue weighted by atomic mass is 32.2. The first-order chi connectivity index (χ1) is 14.6. The van der Waals surface area contributed by atoms with Gasteiger partial charge >= 0.3 is 0 Å². The number of hydrogen-bond donors (Lipinski definition) is 1. The first-order valence-electron chi connectivity index (χ1n) is 10.1. The fourth-order valence-electron chi connectivity index (χ4n) is 3.24. The number of nitrogens with zero attached hydrogens (tertiary/aromatic N) is 1. The Balaban J connectivity index is 1.99. The van der Waals surface area contributed by atoms with Crippen LogP contribution in [-0.2, 0) is 14.8 Å². The van der Waals surface area contributed by atoms with E-state index in [1.807, 2.05) is 58.9 Å². The van der Waals surface area contributed by atoms with Crippen LogP contribution in [-0.4, -0.2) is 20.9 Å². The standard InChI is InChI=1S/C25H28N2O3S/c1-17-9-13-23(14-10-17)31(29,30)27(22-12-11-18(2)20(4)15-22)16-25(28)26-24-8-6-7-19(3)21(24)5/h6-15H,16H2,1-5H3,(H,26,28). The summed E-state index contributed by atoms with van der Waals surface area (Å²) in [6.07, 6.45) is 0. The molecule has 0 atom stereocenters. The van der Waals surface area contributed by atoms with Crippen molar-refractivity contribution < 1.29 is 13.2 Å². The molecule has 0 aliphatic carbocycles. The van der Waals surface area contributed by atoms with Crippen molar-refractivity contribution in [2.75, 3.05) is 16.2 Å². The molecule has 0 bridgehead atoms. The molecule has 0 fully saturated rings. The van der Waals surface area contributed by atoms with Crippen LogP contribution in [0.1, 0.15) is 27.8 Å². The Hall–Kier alpha value is -3.12. The van der Waals surface area contributed by atoms with Gasteiger partial charge in [0.05, 0.1) is 10.6 Å². The van der Waals surface area contributed by atoms with Crippen molar-refractivity contribution in [3.05, 3.63) is 88.5 Å². The van der Waals surface area contributed by atoms with Gasteiger partial charge in [-0.05, 0) is 87.2 Å². The summed E-state index contributed by atoms with van der Waals surface area (Å²) in [4.78, 5) is 13.1. The summed E-state index contributed by atoms with van der Waals surface area (Å²) in [5.41, 5.74) is 6.11. The van der Waals surface area contributed by atoms with E-state index in [1.54, 1.807) is 36.4 Å². The van der Waals surface area contributed by atoms with E-state index in [9.17, 15) is 13.2 Å². The molecular formula is C25H28N2O3S. The van der Waals surface area contributed by atoms with Crippen molar-refractivity contribution >= 4 is 27.3 Å². The largest absolute Gasteiger partial charge is 0.324 e. The lowest BCUT2D eigenvalue weighted by Gasteiger charge is -2.25. The molecular weight excluding hydrogens is 408 g/mol. The summed E-state index contributed by atoms with van der Waals surface area (Å²) in [6, 6.07) is 17.7. The SMILES string of the molecule is Cc1ccc(S(=O)(=O)N(CC(=O)Nc2cccc(C)c2C)c2ccc(C)c(C)c2)cc1. The molecule has 0 saturated carbocycles. The lowest BCUT2D eigenvalue weighted by Crippen LogP contribution is -2.38. The lowest BCUT2D eigenvalue weighted by atomic mass is 10.1. The number of rotatable bonds is 6.